The zero-order valence-electron chi connectivity index (χ0n) is 10.7. The van der Waals surface area contributed by atoms with Crippen LogP contribution in [0.1, 0.15) is 38.5 Å². The number of carboxylic acids is 1. The molecule has 0 heterocycles. The molecule has 0 bridgehead atoms. The minimum atomic E-state index is -0.760. The molecule has 0 radical (unpaired) electrons. The monoisotopic (exact) mass is 257 g/mol. The van der Waals surface area contributed by atoms with Crippen molar-refractivity contribution in [1.29, 1.82) is 0 Å². The highest BCUT2D eigenvalue weighted by molar-refractivity contribution is 5.70. The molecule has 0 aromatic carbocycles. The van der Waals surface area contributed by atoms with E-state index in [0.717, 1.165) is 12.8 Å². The van der Waals surface area contributed by atoms with E-state index in [9.17, 15) is 9.90 Å². The number of carbonyl (C=O) groups is 1. The lowest BCUT2D eigenvalue weighted by Gasteiger charge is -2.38. The first kappa shape index (κ1) is 13.8. The van der Waals surface area contributed by atoms with Gasteiger partial charge in [-0.2, -0.15) is 0 Å². The molecule has 0 saturated heterocycles. The summed E-state index contributed by atoms with van der Waals surface area (Å²) < 4.78 is 0. The Labute approximate surface area is 107 Å². The normalized spacial score (nSPS) is 32.7. The molecule has 2 saturated carbocycles. The van der Waals surface area contributed by atoms with E-state index in [2.05, 4.69) is 4.90 Å². The molecule has 104 valence electrons. The van der Waals surface area contributed by atoms with Gasteiger partial charge in [-0.25, -0.2) is 0 Å². The highest BCUT2D eigenvalue weighted by atomic mass is 16.4. The van der Waals surface area contributed by atoms with Crippen molar-refractivity contribution in [2.45, 2.75) is 50.2 Å². The average Bonchev–Trinajstić information content (AvgIpc) is 3.12. The molecule has 2 aliphatic rings. The first-order valence-electron chi connectivity index (χ1n) is 6.84. The molecule has 3 N–H and O–H groups in total. The number of carboxylic acid groups (broad SMARTS) is 1. The fourth-order valence-corrected chi connectivity index (χ4v) is 2.90. The van der Waals surface area contributed by atoms with Crippen LogP contribution in [0.15, 0.2) is 0 Å². The van der Waals surface area contributed by atoms with Crippen molar-refractivity contribution in [3.05, 3.63) is 0 Å². The maximum atomic E-state index is 10.9. The number of aliphatic hydroxyl groups is 2. The van der Waals surface area contributed by atoms with Crippen molar-refractivity contribution >= 4 is 5.97 Å². The molecule has 0 aromatic rings. The van der Waals surface area contributed by atoms with Crippen LogP contribution in [0.4, 0.5) is 0 Å². The molecule has 0 aromatic heterocycles. The minimum absolute atomic E-state index is 0.115. The molecule has 2 rings (SSSR count). The van der Waals surface area contributed by atoms with E-state index in [1.807, 2.05) is 0 Å². The zero-order valence-corrected chi connectivity index (χ0v) is 10.7. The van der Waals surface area contributed by atoms with Crippen LogP contribution in [0.25, 0.3) is 0 Å². The van der Waals surface area contributed by atoms with Gasteiger partial charge >= 0.3 is 5.97 Å². The quantitative estimate of drug-likeness (QED) is 0.643. The Balaban J connectivity index is 1.86. The second-order valence-electron chi connectivity index (χ2n) is 5.76. The minimum Gasteiger partial charge on any atom is -0.481 e. The zero-order chi connectivity index (χ0) is 13.2. The van der Waals surface area contributed by atoms with Crippen LogP contribution in [0.3, 0.4) is 0 Å². The van der Waals surface area contributed by atoms with E-state index < -0.39 is 11.6 Å². The Morgan fingerprint density at radius 1 is 1.22 bits per heavy atom. The van der Waals surface area contributed by atoms with Crippen LogP contribution in [0, 0.1) is 5.92 Å². The molecule has 0 unspecified atom stereocenters. The summed E-state index contributed by atoms with van der Waals surface area (Å²) in [5.74, 6) is -1.04. The summed E-state index contributed by atoms with van der Waals surface area (Å²) in [6.45, 7) is 1.30. The molecule has 0 amide bonds. The van der Waals surface area contributed by atoms with E-state index in [0.29, 0.717) is 44.8 Å². The van der Waals surface area contributed by atoms with Gasteiger partial charge in [0, 0.05) is 19.1 Å². The largest absolute Gasteiger partial charge is 0.481 e. The van der Waals surface area contributed by atoms with Crippen LogP contribution in [-0.4, -0.2) is 57.5 Å². The van der Waals surface area contributed by atoms with E-state index in [-0.39, 0.29) is 12.5 Å². The Morgan fingerprint density at radius 2 is 1.83 bits per heavy atom. The summed E-state index contributed by atoms with van der Waals surface area (Å²) >= 11 is 0. The van der Waals surface area contributed by atoms with Gasteiger partial charge in [-0.15, -0.1) is 0 Å². The van der Waals surface area contributed by atoms with Crippen molar-refractivity contribution in [1.82, 2.24) is 4.90 Å². The number of aliphatic hydroxyl groups excluding tert-OH is 1. The summed E-state index contributed by atoms with van der Waals surface area (Å²) in [6, 6.07) is 0.512. The summed E-state index contributed by atoms with van der Waals surface area (Å²) in [5, 5.41) is 28.5. The maximum absolute atomic E-state index is 10.9. The molecular formula is C13H23NO4. The van der Waals surface area contributed by atoms with Crippen molar-refractivity contribution in [2.75, 3.05) is 19.7 Å². The summed E-state index contributed by atoms with van der Waals surface area (Å²) in [6.07, 6.45) is 4.52. The van der Waals surface area contributed by atoms with E-state index in [4.69, 9.17) is 10.2 Å². The number of hydrogen-bond acceptors (Lipinski definition) is 4. The van der Waals surface area contributed by atoms with Gasteiger partial charge in [0.2, 0.25) is 0 Å². The Kier molecular flexibility index (Phi) is 4.25. The van der Waals surface area contributed by atoms with Crippen LogP contribution in [0.5, 0.6) is 0 Å². The third-order valence-electron chi connectivity index (χ3n) is 4.21. The van der Waals surface area contributed by atoms with Gasteiger partial charge in [0.25, 0.3) is 0 Å². The Hall–Kier alpha value is -0.650. The lowest BCUT2D eigenvalue weighted by atomic mass is 9.78. The average molecular weight is 257 g/mol. The summed E-state index contributed by atoms with van der Waals surface area (Å²) in [7, 11) is 0. The van der Waals surface area contributed by atoms with Crippen LogP contribution in [-0.2, 0) is 4.79 Å². The van der Waals surface area contributed by atoms with E-state index in [1.54, 1.807) is 0 Å². The van der Waals surface area contributed by atoms with Crippen LogP contribution < -0.4 is 0 Å². The number of nitrogens with zero attached hydrogens (tertiary/aromatic N) is 1. The lowest BCUT2D eigenvalue weighted by molar-refractivity contribution is -0.145. The van der Waals surface area contributed by atoms with Crippen molar-refractivity contribution in [3.8, 4) is 0 Å². The fraction of sp³-hybridized carbons (Fsp3) is 0.923. The third-order valence-corrected chi connectivity index (χ3v) is 4.21. The first-order chi connectivity index (χ1) is 8.54. The van der Waals surface area contributed by atoms with Crippen LogP contribution >= 0.6 is 0 Å². The topological polar surface area (TPSA) is 81.0 Å². The van der Waals surface area contributed by atoms with Gasteiger partial charge < -0.3 is 15.3 Å². The van der Waals surface area contributed by atoms with Gasteiger partial charge in [-0.1, -0.05) is 0 Å². The third kappa shape index (κ3) is 3.43. The molecule has 18 heavy (non-hydrogen) atoms. The van der Waals surface area contributed by atoms with Gasteiger partial charge in [0.15, 0.2) is 0 Å². The van der Waals surface area contributed by atoms with Crippen molar-refractivity contribution < 1.29 is 20.1 Å². The van der Waals surface area contributed by atoms with Crippen molar-refractivity contribution in [3.63, 3.8) is 0 Å². The smallest absolute Gasteiger partial charge is 0.306 e. The summed E-state index contributed by atoms with van der Waals surface area (Å²) in [5.41, 5.74) is -0.760. The van der Waals surface area contributed by atoms with Gasteiger partial charge in [-0.3, -0.25) is 9.69 Å². The molecule has 0 aliphatic heterocycles. The standard InChI is InChI=1S/C13H23NO4/c15-8-7-14(11-1-2-11)9-13(18)5-3-10(4-6-13)12(16)17/h10-11,15,18H,1-9H2,(H,16,17). The van der Waals surface area contributed by atoms with E-state index in [1.165, 1.54) is 0 Å². The molecule has 0 atom stereocenters. The molecule has 5 heteroatoms. The number of rotatable bonds is 6. The predicted molar refractivity (Wildman–Crippen MR) is 66.2 cm³/mol. The van der Waals surface area contributed by atoms with E-state index >= 15 is 0 Å². The van der Waals surface area contributed by atoms with Crippen LogP contribution in [0.2, 0.25) is 0 Å². The second-order valence-corrected chi connectivity index (χ2v) is 5.76. The molecule has 0 spiro atoms. The lowest BCUT2D eigenvalue weighted by Crippen LogP contribution is -2.47. The highest BCUT2D eigenvalue weighted by Crippen LogP contribution is 2.35. The summed E-state index contributed by atoms with van der Waals surface area (Å²) in [4.78, 5) is 13.0. The molecular weight excluding hydrogens is 234 g/mol. The molecule has 5 nitrogen and oxygen atoms in total. The molecule has 2 fully saturated rings. The fourth-order valence-electron chi connectivity index (χ4n) is 2.90. The Bertz CT molecular complexity index is 295. The molecule has 2 aliphatic carbocycles. The number of hydrogen-bond donors (Lipinski definition) is 3. The van der Waals surface area contributed by atoms with Gasteiger partial charge in [0.1, 0.15) is 0 Å². The SMILES string of the molecule is O=C(O)C1CCC(O)(CN(CCO)C2CC2)CC1. The maximum Gasteiger partial charge on any atom is 0.306 e. The predicted octanol–water partition coefficient (Wildman–Crippen LogP) is 0.449. The Morgan fingerprint density at radius 3 is 2.28 bits per heavy atom. The van der Waals surface area contributed by atoms with Gasteiger partial charge in [-0.05, 0) is 38.5 Å². The first-order valence-corrected chi connectivity index (χ1v) is 6.84. The highest BCUT2D eigenvalue weighted by Gasteiger charge is 2.39. The van der Waals surface area contributed by atoms with Gasteiger partial charge in [0.05, 0.1) is 18.1 Å². The second kappa shape index (κ2) is 5.55. The number of aliphatic carboxylic acids is 1. The van der Waals surface area contributed by atoms with Crippen molar-refractivity contribution in [2.24, 2.45) is 5.92 Å².